The number of rotatable bonds is 8. The minimum absolute atomic E-state index is 0.308. The zero-order chi connectivity index (χ0) is 19.3. The Hall–Kier alpha value is -2.18. The number of hydrogen-bond acceptors (Lipinski definition) is 4. The Balaban J connectivity index is 1.71. The summed E-state index contributed by atoms with van der Waals surface area (Å²) in [6.07, 6.45) is 1.59. The second-order valence-electron chi connectivity index (χ2n) is 7.18. The van der Waals surface area contributed by atoms with Crippen LogP contribution < -0.4 is 4.72 Å². The third-order valence-corrected chi connectivity index (χ3v) is 6.56. The predicted molar refractivity (Wildman–Crippen MR) is 108 cm³/mol. The summed E-state index contributed by atoms with van der Waals surface area (Å²) in [5.74, 6) is 0. The van der Waals surface area contributed by atoms with Gasteiger partial charge in [-0.1, -0.05) is 65.8 Å². The van der Waals surface area contributed by atoms with E-state index >= 15 is 0 Å². The van der Waals surface area contributed by atoms with Crippen LogP contribution in [0.25, 0.3) is 0 Å². The van der Waals surface area contributed by atoms with Gasteiger partial charge in [0.15, 0.2) is 0 Å². The second kappa shape index (κ2) is 8.67. The van der Waals surface area contributed by atoms with Gasteiger partial charge < -0.3 is 4.84 Å². The Labute approximate surface area is 161 Å². The van der Waals surface area contributed by atoms with Gasteiger partial charge in [0.1, 0.15) is 6.10 Å². The Bertz CT molecular complexity index is 865. The molecule has 1 heterocycles. The largest absolute Gasteiger partial charge is 0.390 e. The standard InChI is InChI=1S/C21H26N2O3S/c1-16(2)27(24,25)23-20(14-18-11-7-4-8-12-18)21-15-19(22-26-21)13-17-9-5-3-6-10-17/h3-12,16,20-21,23H,13-15H2,1-2H3. The van der Waals surface area contributed by atoms with E-state index in [2.05, 4.69) is 22.0 Å². The molecule has 0 fully saturated rings. The molecule has 144 valence electrons. The van der Waals surface area contributed by atoms with E-state index in [0.717, 1.165) is 11.3 Å². The van der Waals surface area contributed by atoms with Gasteiger partial charge in [0.05, 0.1) is 17.0 Å². The predicted octanol–water partition coefficient (Wildman–Crippen LogP) is 3.31. The molecule has 0 saturated heterocycles. The molecular weight excluding hydrogens is 360 g/mol. The molecule has 1 aliphatic heterocycles. The number of nitrogens with one attached hydrogen (secondary N) is 1. The molecule has 2 unspecified atom stereocenters. The number of nitrogens with zero attached hydrogens (tertiary/aromatic N) is 1. The van der Waals surface area contributed by atoms with Crippen LogP contribution in [0.15, 0.2) is 65.8 Å². The average Bonchev–Trinajstić information content (AvgIpc) is 3.11. The summed E-state index contributed by atoms with van der Waals surface area (Å²) < 4.78 is 27.8. The Morgan fingerprint density at radius 3 is 2.22 bits per heavy atom. The van der Waals surface area contributed by atoms with Crippen LogP contribution >= 0.6 is 0 Å². The summed E-state index contributed by atoms with van der Waals surface area (Å²) in [6, 6.07) is 19.6. The summed E-state index contributed by atoms with van der Waals surface area (Å²) in [5.41, 5.74) is 3.17. The van der Waals surface area contributed by atoms with Crippen LogP contribution in [0.2, 0.25) is 0 Å². The number of sulfonamides is 1. The Morgan fingerprint density at radius 1 is 1.04 bits per heavy atom. The van der Waals surface area contributed by atoms with E-state index in [4.69, 9.17) is 4.84 Å². The van der Waals surface area contributed by atoms with E-state index in [-0.39, 0.29) is 12.1 Å². The molecule has 5 nitrogen and oxygen atoms in total. The van der Waals surface area contributed by atoms with Crippen molar-refractivity contribution in [2.24, 2.45) is 5.16 Å². The van der Waals surface area contributed by atoms with Crippen molar-refractivity contribution in [2.75, 3.05) is 0 Å². The van der Waals surface area contributed by atoms with Gasteiger partial charge in [-0.2, -0.15) is 0 Å². The lowest BCUT2D eigenvalue weighted by Crippen LogP contribution is -2.47. The molecule has 0 bridgehead atoms. The highest BCUT2D eigenvalue weighted by Crippen LogP contribution is 2.21. The van der Waals surface area contributed by atoms with Crippen LogP contribution in [-0.2, 0) is 27.7 Å². The lowest BCUT2D eigenvalue weighted by molar-refractivity contribution is 0.0614. The van der Waals surface area contributed by atoms with Crippen molar-refractivity contribution in [2.45, 2.75) is 50.5 Å². The van der Waals surface area contributed by atoms with Crippen molar-refractivity contribution in [1.29, 1.82) is 0 Å². The third-order valence-electron chi connectivity index (χ3n) is 4.69. The molecule has 2 aromatic rings. The molecule has 2 aromatic carbocycles. The van der Waals surface area contributed by atoms with Crippen LogP contribution in [0, 0.1) is 0 Å². The van der Waals surface area contributed by atoms with Gasteiger partial charge in [0, 0.05) is 12.8 Å². The van der Waals surface area contributed by atoms with Gasteiger partial charge in [0.2, 0.25) is 10.0 Å². The minimum atomic E-state index is -3.41. The molecule has 0 saturated carbocycles. The van der Waals surface area contributed by atoms with E-state index in [1.165, 1.54) is 5.56 Å². The van der Waals surface area contributed by atoms with Crippen LogP contribution in [0.4, 0.5) is 0 Å². The van der Waals surface area contributed by atoms with Gasteiger partial charge in [0.25, 0.3) is 0 Å². The first kappa shape index (κ1) is 19.6. The van der Waals surface area contributed by atoms with Gasteiger partial charge in [-0.25, -0.2) is 13.1 Å². The molecule has 27 heavy (non-hydrogen) atoms. The summed E-state index contributed by atoms with van der Waals surface area (Å²) in [4.78, 5) is 5.66. The summed E-state index contributed by atoms with van der Waals surface area (Å²) in [6.45, 7) is 3.35. The second-order valence-corrected chi connectivity index (χ2v) is 9.44. The minimum Gasteiger partial charge on any atom is -0.390 e. The zero-order valence-corrected chi connectivity index (χ0v) is 16.5. The maximum atomic E-state index is 12.5. The molecule has 6 heteroatoms. The summed E-state index contributed by atoms with van der Waals surface area (Å²) in [5, 5.41) is 3.73. The zero-order valence-electron chi connectivity index (χ0n) is 15.7. The van der Waals surface area contributed by atoms with E-state index in [1.54, 1.807) is 13.8 Å². The van der Waals surface area contributed by atoms with E-state index < -0.39 is 15.3 Å². The average molecular weight is 387 g/mol. The molecule has 1 aliphatic rings. The normalized spacial score (nSPS) is 18.2. The molecule has 0 aliphatic carbocycles. The molecule has 0 radical (unpaired) electrons. The van der Waals surface area contributed by atoms with E-state index in [0.29, 0.717) is 19.3 Å². The van der Waals surface area contributed by atoms with Crippen molar-refractivity contribution in [3.63, 3.8) is 0 Å². The fourth-order valence-electron chi connectivity index (χ4n) is 3.06. The first-order valence-corrected chi connectivity index (χ1v) is 10.8. The SMILES string of the molecule is CC(C)S(=O)(=O)NC(Cc1ccccc1)C1CC(Cc2ccccc2)=NO1. The molecule has 1 N–H and O–H groups in total. The maximum Gasteiger partial charge on any atom is 0.214 e. The fourth-order valence-corrected chi connectivity index (χ4v) is 3.99. The van der Waals surface area contributed by atoms with Gasteiger partial charge >= 0.3 is 0 Å². The lowest BCUT2D eigenvalue weighted by atomic mass is 9.97. The smallest absolute Gasteiger partial charge is 0.214 e. The third kappa shape index (κ3) is 5.40. The molecule has 3 rings (SSSR count). The first-order chi connectivity index (χ1) is 12.9. The van der Waals surface area contributed by atoms with E-state index in [1.807, 2.05) is 48.5 Å². The van der Waals surface area contributed by atoms with Crippen LogP contribution in [0.5, 0.6) is 0 Å². The monoisotopic (exact) mass is 386 g/mol. The topological polar surface area (TPSA) is 67.8 Å². The fraction of sp³-hybridized carbons (Fsp3) is 0.381. The van der Waals surface area contributed by atoms with Gasteiger partial charge in [-0.3, -0.25) is 0 Å². The van der Waals surface area contributed by atoms with Crippen molar-refractivity contribution < 1.29 is 13.3 Å². The lowest BCUT2D eigenvalue weighted by Gasteiger charge is -2.24. The number of benzene rings is 2. The molecule has 0 spiro atoms. The number of oxime groups is 1. The van der Waals surface area contributed by atoms with Crippen LogP contribution in [0.1, 0.15) is 31.4 Å². The number of hydrogen-bond donors (Lipinski definition) is 1. The Morgan fingerprint density at radius 2 is 1.63 bits per heavy atom. The summed E-state index contributed by atoms with van der Waals surface area (Å²) >= 11 is 0. The quantitative estimate of drug-likeness (QED) is 0.757. The highest BCUT2D eigenvalue weighted by atomic mass is 32.2. The van der Waals surface area contributed by atoms with Gasteiger partial charge in [-0.15, -0.1) is 0 Å². The van der Waals surface area contributed by atoms with E-state index in [9.17, 15) is 8.42 Å². The van der Waals surface area contributed by atoms with Crippen molar-refractivity contribution in [3.8, 4) is 0 Å². The van der Waals surface area contributed by atoms with Crippen molar-refractivity contribution >= 4 is 15.7 Å². The highest BCUT2D eigenvalue weighted by molar-refractivity contribution is 7.90. The van der Waals surface area contributed by atoms with Crippen molar-refractivity contribution in [1.82, 2.24) is 4.72 Å². The molecular formula is C21H26N2O3S. The maximum absolute atomic E-state index is 12.5. The van der Waals surface area contributed by atoms with Gasteiger partial charge in [-0.05, 0) is 31.4 Å². The van der Waals surface area contributed by atoms with Crippen molar-refractivity contribution in [3.05, 3.63) is 71.8 Å². The highest BCUT2D eigenvalue weighted by Gasteiger charge is 2.33. The Kier molecular flexibility index (Phi) is 6.29. The molecule has 0 aromatic heterocycles. The molecule has 0 amide bonds. The first-order valence-electron chi connectivity index (χ1n) is 9.24. The molecule has 2 atom stereocenters. The van der Waals surface area contributed by atoms with Crippen LogP contribution in [0.3, 0.4) is 0 Å². The van der Waals surface area contributed by atoms with Crippen LogP contribution in [-0.4, -0.2) is 31.5 Å². The summed E-state index contributed by atoms with van der Waals surface area (Å²) in [7, 11) is -3.41.